The summed E-state index contributed by atoms with van der Waals surface area (Å²) in [6, 6.07) is 1.63. The number of rotatable bonds is 5. The molecule has 0 fully saturated rings. The molecular weight excluding hydrogens is 208 g/mol. The van der Waals surface area contributed by atoms with Crippen molar-refractivity contribution in [3.05, 3.63) is 24.0 Å². The molecule has 0 saturated heterocycles. The molecule has 88 valence electrons. The molecule has 0 aliphatic heterocycles. The molecule has 0 saturated carbocycles. The van der Waals surface area contributed by atoms with Gasteiger partial charge >= 0.3 is 0 Å². The minimum Gasteiger partial charge on any atom is -0.380 e. The van der Waals surface area contributed by atoms with Crippen LogP contribution in [0.3, 0.4) is 0 Å². The Morgan fingerprint density at radius 1 is 1.69 bits per heavy atom. The zero-order valence-corrected chi connectivity index (χ0v) is 9.36. The van der Waals surface area contributed by atoms with Gasteiger partial charge in [0.2, 0.25) is 0 Å². The van der Waals surface area contributed by atoms with Crippen LogP contribution in [0.4, 0.5) is 5.69 Å². The van der Waals surface area contributed by atoms with Crippen molar-refractivity contribution in [3.63, 3.8) is 0 Å². The van der Waals surface area contributed by atoms with Crippen molar-refractivity contribution in [2.75, 3.05) is 19.1 Å². The molecule has 0 aromatic carbocycles. The Balaban J connectivity index is 2.65. The number of nitrogens with two attached hydrogens (primary N) is 1. The molecule has 6 nitrogen and oxygen atoms in total. The highest BCUT2D eigenvalue weighted by atomic mass is 16.5. The molecule has 1 atom stereocenters. The second kappa shape index (κ2) is 6.04. The fourth-order valence-electron chi connectivity index (χ4n) is 1.12. The van der Waals surface area contributed by atoms with E-state index in [1.165, 1.54) is 6.20 Å². The summed E-state index contributed by atoms with van der Waals surface area (Å²) in [6.07, 6.45) is 2.99. The van der Waals surface area contributed by atoms with Crippen molar-refractivity contribution in [1.82, 2.24) is 10.3 Å². The van der Waals surface area contributed by atoms with Crippen LogP contribution in [0.2, 0.25) is 0 Å². The van der Waals surface area contributed by atoms with Crippen LogP contribution in [-0.4, -0.2) is 30.6 Å². The van der Waals surface area contributed by atoms with Crippen molar-refractivity contribution >= 4 is 11.6 Å². The summed E-state index contributed by atoms with van der Waals surface area (Å²) in [4.78, 5) is 15.6. The smallest absolute Gasteiger partial charge is 0.255 e. The van der Waals surface area contributed by atoms with Gasteiger partial charge < -0.3 is 15.5 Å². The average molecular weight is 224 g/mol. The topological polar surface area (TPSA) is 89.3 Å². The number of aromatic nitrogens is 1. The standard InChI is InChI=1S/C10H16N4O2/c1-7(16-2)5-13-10(15)8-6-12-4-3-9(8)14-11/h3-4,6-7H,5,11H2,1-2H3,(H,12,14)(H,13,15). The number of nitrogens with zero attached hydrogens (tertiary/aromatic N) is 1. The molecule has 6 heteroatoms. The third kappa shape index (κ3) is 3.18. The van der Waals surface area contributed by atoms with Crippen LogP contribution in [0.25, 0.3) is 0 Å². The summed E-state index contributed by atoms with van der Waals surface area (Å²) < 4.78 is 5.02. The van der Waals surface area contributed by atoms with Gasteiger partial charge in [-0.15, -0.1) is 0 Å². The van der Waals surface area contributed by atoms with Gasteiger partial charge in [-0.25, -0.2) is 0 Å². The number of amides is 1. The monoisotopic (exact) mass is 224 g/mol. The first-order valence-electron chi connectivity index (χ1n) is 4.90. The lowest BCUT2D eigenvalue weighted by molar-refractivity contribution is 0.0871. The number of carbonyl (C=O) groups is 1. The van der Waals surface area contributed by atoms with E-state index in [-0.39, 0.29) is 12.0 Å². The SMILES string of the molecule is COC(C)CNC(=O)c1cnccc1NN. The Bertz CT molecular complexity index is 356. The molecule has 1 aromatic heterocycles. The van der Waals surface area contributed by atoms with Crippen LogP contribution in [0.5, 0.6) is 0 Å². The summed E-state index contributed by atoms with van der Waals surface area (Å²) in [7, 11) is 1.59. The third-order valence-electron chi connectivity index (χ3n) is 2.17. The molecule has 0 radical (unpaired) electrons. The molecule has 1 rings (SSSR count). The second-order valence-electron chi connectivity index (χ2n) is 3.32. The quantitative estimate of drug-likeness (QED) is 0.488. The molecule has 4 N–H and O–H groups in total. The molecule has 1 amide bonds. The largest absolute Gasteiger partial charge is 0.380 e. The van der Waals surface area contributed by atoms with Crippen molar-refractivity contribution in [3.8, 4) is 0 Å². The number of hydrogen-bond acceptors (Lipinski definition) is 5. The van der Waals surface area contributed by atoms with Gasteiger partial charge in [0, 0.05) is 26.0 Å². The zero-order valence-electron chi connectivity index (χ0n) is 9.36. The Hall–Kier alpha value is -1.66. The highest BCUT2D eigenvalue weighted by Crippen LogP contribution is 2.11. The fourth-order valence-corrected chi connectivity index (χ4v) is 1.12. The van der Waals surface area contributed by atoms with Crippen LogP contribution < -0.4 is 16.6 Å². The van der Waals surface area contributed by atoms with Crippen LogP contribution in [0, 0.1) is 0 Å². The van der Waals surface area contributed by atoms with Gasteiger partial charge in [-0.3, -0.25) is 15.6 Å². The average Bonchev–Trinajstić information content (AvgIpc) is 2.35. The number of ether oxygens (including phenoxy) is 1. The normalized spacial score (nSPS) is 11.9. The van der Waals surface area contributed by atoms with Gasteiger partial charge in [0.15, 0.2) is 0 Å². The maximum Gasteiger partial charge on any atom is 0.255 e. The zero-order chi connectivity index (χ0) is 12.0. The van der Waals surface area contributed by atoms with Gasteiger partial charge in [-0.05, 0) is 13.0 Å². The highest BCUT2D eigenvalue weighted by Gasteiger charge is 2.11. The number of nitrogens with one attached hydrogen (secondary N) is 2. The van der Waals surface area contributed by atoms with Crippen LogP contribution >= 0.6 is 0 Å². The molecule has 1 unspecified atom stereocenters. The number of anilines is 1. The Morgan fingerprint density at radius 3 is 3.06 bits per heavy atom. The van der Waals surface area contributed by atoms with E-state index in [2.05, 4.69) is 15.7 Å². The van der Waals surface area contributed by atoms with E-state index in [0.29, 0.717) is 17.8 Å². The maximum absolute atomic E-state index is 11.7. The first-order chi connectivity index (χ1) is 7.69. The number of hydrogen-bond donors (Lipinski definition) is 3. The van der Waals surface area contributed by atoms with Crippen molar-refractivity contribution in [2.24, 2.45) is 5.84 Å². The van der Waals surface area contributed by atoms with Gasteiger partial charge in [-0.1, -0.05) is 0 Å². The first-order valence-corrected chi connectivity index (χ1v) is 4.90. The van der Waals surface area contributed by atoms with E-state index in [0.717, 1.165) is 0 Å². The number of carbonyl (C=O) groups excluding carboxylic acids is 1. The van der Waals surface area contributed by atoms with Crippen LogP contribution in [0.1, 0.15) is 17.3 Å². The Morgan fingerprint density at radius 2 is 2.44 bits per heavy atom. The second-order valence-corrected chi connectivity index (χ2v) is 3.32. The van der Waals surface area contributed by atoms with Gasteiger partial charge in [0.1, 0.15) is 0 Å². The summed E-state index contributed by atoms with van der Waals surface area (Å²) in [5.41, 5.74) is 3.40. The molecule has 0 aliphatic rings. The van der Waals surface area contributed by atoms with Gasteiger partial charge in [-0.2, -0.15) is 0 Å². The molecule has 1 aromatic rings. The maximum atomic E-state index is 11.7. The molecular formula is C10H16N4O2. The minimum absolute atomic E-state index is 0.0325. The molecule has 1 heterocycles. The third-order valence-corrected chi connectivity index (χ3v) is 2.17. The summed E-state index contributed by atoms with van der Waals surface area (Å²) >= 11 is 0. The summed E-state index contributed by atoms with van der Waals surface area (Å²) in [5.74, 6) is 5.06. The summed E-state index contributed by atoms with van der Waals surface area (Å²) in [6.45, 7) is 2.31. The van der Waals surface area contributed by atoms with Gasteiger partial charge in [0.05, 0.1) is 17.4 Å². The van der Waals surface area contributed by atoms with E-state index in [4.69, 9.17) is 10.6 Å². The fraction of sp³-hybridized carbons (Fsp3) is 0.400. The van der Waals surface area contributed by atoms with Gasteiger partial charge in [0.25, 0.3) is 5.91 Å². The Labute approximate surface area is 94.2 Å². The molecule has 0 spiro atoms. The molecule has 0 aliphatic carbocycles. The van der Waals surface area contributed by atoms with E-state index < -0.39 is 0 Å². The van der Waals surface area contributed by atoms with E-state index in [1.54, 1.807) is 19.4 Å². The minimum atomic E-state index is -0.232. The molecule has 16 heavy (non-hydrogen) atoms. The van der Waals surface area contributed by atoms with Crippen LogP contribution in [0.15, 0.2) is 18.5 Å². The van der Waals surface area contributed by atoms with Crippen molar-refractivity contribution < 1.29 is 9.53 Å². The lowest BCUT2D eigenvalue weighted by Crippen LogP contribution is -2.32. The lowest BCUT2D eigenvalue weighted by Gasteiger charge is -2.12. The van der Waals surface area contributed by atoms with Crippen molar-refractivity contribution in [1.29, 1.82) is 0 Å². The highest BCUT2D eigenvalue weighted by molar-refractivity contribution is 5.99. The number of pyridine rings is 1. The van der Waals surface area contributed by atoms with Crippen LogP contribution in [-0.2, 0) is 4.74 Å². The Kier molecular flexibility index (Phi) is 4.68. The number of hydrazine groups is 1. The van der Waals surface area contributed by atoms with E-state index in [1.807, 2.05) is 6.92 Å². The van der Waals surface area contributed by atoms with E-state index >= 15 is 0 Å². The summed E-state index contributed by atoms with van der Waals surface area (Å²) in [5, 5.41) is 2.72. The predicted molar refractivity (Wildman–Crippen MR) is 60.9 cm³/mol. The number of methoxy groups -OCH3 is 1. The lowest BCUT2D eigenvalue weighted by atomic mass is 10.2. The predicted octanol–water partition coefficient (Wildman–Crippen LogP) is 0.132. The van der Waals surface area contributed by atoms with E-state index in [9.17, 15) is 4.79 Å². The number of nitrogen functional groups attached to an aromatic ring is 1. The van der Waals surface area contributed by atoms with Crippen molar-refractivity contribution in [2.45, 2.75) is 13.0 Å². The first kappa shape index (κ1) is 12.4. The molecule has 0 bridgehead atoms.